The first kappa shape index (κ1) is 21.0. The molecule has 1 heterocycles. The first-order valence-electron chi connectivity index (χ1n) is 10.8. The summed E-state index contributed by atoms with van der Waals surface area (Å²) in [5.41, 5.74) is 1.13. The fraction of sp³-hybridized carbons (Fsp3) is 0.636. The summed E-state index contributed by atoms with van der Waals surface area (Å²) in [5.74, 6) is 0.666. The quantitative estimate of drug-likeness (QED) is 0.618. The maximum atomic E-state index is 13.2. The average Bonchev–Trinajstić information content (AvgIpc) is 2.70. The van der Waals surface area contributed by atoms with Crippen molar-refractivity contribution >= 4 is 29.2 Å². The van der Waals surface area contributed by atoms with Crippen molar-refractivity contribution in [1.82, 2.24) is 10.2 Å². The monoisotopic (exact) mass is 405 g/mol. The summed E-state index contributed by atoms with van der Waals surface area (Å²) in [6.45, 7) is 3.60. The number of piperidine rings is 1. The van der Waals surface area contributed by atoms with E-state index in [4.69, 9.17) is 11.6 Å². The van der Waals surface area contributed by atoms with Crippen LogP contribution in [0, 0.1) is 5.92 Å². The molecule has 1 saturated heterocycles. The van der Waals surface area contributed by atoms with Gasteiger partial charge in [-0.3, -0.25) is 4.79 Å². The number of benzene rings is 1. The molecule has 2 aliphatic rings. The molecular formula is C22H32ClN3O2. The zero-order valence-corrected chi connectivity index (χ0v) is 17.6. The van der Waals surface area contributed by atoms with Gasteiger partial charge in [-0.05, 0) is 56.2 Å². The summed E-state index contributed by atoms with van der Waals surface area (Å²) < 4.78 is 0. The number of likely N-dealkylation sites (tertiary alicyclic amines) is 1. The molecule has 2 N–H and O–H groups in total. The number of hydrogen-bond donors (Lipinski definition) is 2. The van der Waals surface area contributed by atoms with Crippen molar-refractivity contribution in [2.45, 2.75) is 70.8 Å². The Morgan fingerprint density at radius 2 is 1.93 bits per heavy atom. The van der Waals surface area contributed by atoms with E-state index in [1.54, 1.807) is 18.2 Å². The summed E-state index contributed by atoms with van der Waals surface area (Å²) in [5, 5.41) is 6.02. The van der Waals surface area contributed by atoms with Gasteiger partial charge in [-0.2, -0.15) is 0 Å². The van der Waals surface area contributed by atoms with Crippen LogP contribution in [0.5, 0.6) is 0 Å². The number of nitrogens with zero attached hydrogens (tertiary/aromatic N) is 1. The highest BCUT2D eigenvalue weighted by atomic mass is 35.5. The molecule has 1 saturated carbocycles. The highest BCUT2D eigenvalue weighted by Crippen LogP contribution is 2.36. The van der Waals surface area contributed by atoms with Gasteiger partial charge in [0, 0.05) is 24.8 Å². The predicted molar refractivity (Wildman–Crippen MR) is 114 cm³/mol. The molecule has 5 nitrogen and oxygen atoms in total. The number of fused-ring (bicyclic) bond motifs is 1. The Bertz CT molecular complexity index is 692. The number of rotatable bonds is 6. The summed E-state index contributed by atoms with van der Waals surface area (Å²) in [4.78, 5) is 27.2. The minimum Gasteiger partial charge on any atom is -0.338 e. The van der Waals surface area contributed by atoms with E-state index in [0.717, 1.165) is 38.6 Å². The number of nitrogens with one attached hydrogen (secondary N) is 2. The van der Waals surface area contributed by atoms with Crippen LogP contribution < -0.4 is 10.6 Å². The normalized spacial score (nSPS) is 21.7. The average molecular weight is 406 g/mol. The zero-order chi connectivity index (χ0) is 19.9. The summed E-state index contributed by atoms with van der Waals surface area (Å²) in [7, 11) is 0. The van der Waals surface area contributed by atoms with Gasteiger partial charge in [0.25, 0.3) is 5.91 Å². The van der Waals surface area contributed by atoms with E-state index in [-0.39, 0.29) is 11.9 Å². The highest BCUT2D eigenvalue weighted by Gasteiger charge is 2.36. The smallest absolute Gasteiger partial charge is 0.319 e. The second-order valence-electron chi connectivity index (χ2n) is 8.04. The lowest BCUT2D eigenvalue weighted by Gasteiger charge is -2.44. The number of carbonyl (C=O) groups excluding carboxylic acids is 2. The summed E-state index contributed by atoms with van der Waals surface area (Å²) in [6.07, 6.45) is 10.3. The second kappa shape index (κ2) is 10.1. The minimum absolute atomic E-state index is 0.0252. The molecule has 1 aromatic carbocycles. The SMILES string of the molecule is CCCCCNC(=O)Nc1ccc(C(=O)N2CCC[C@H]3CCCC[C@H]32)c(Cl)c1. The van der Waals surface area contributed by atoms with Crippen LogP contribution in [0.15, 0.2) is 18.2 Å². The lowest BCUT2D eigenvalue weighted by atomic mass is 9.78. The van der Waals surface area contributed by atoms with Gasteiger partial charge in [0.05, 0.1) is 10.6 Å². The third kappa shape index (κ3) is 5.19. The lowest BCUT2D eigenvalue weighted by molar-refractivity contribution is 0.0391. The van der Waals surface area contributed by atoms with Crippen molar-refractivity contribution in [3.05, 3.63) is 28.8 Å². The molecule has 1 aromatic rings. The lowest BCUT2D eigenvalue weighted by Crippen LogP contribution is -2.49. The molecule has 0 spiro atoms. The Labute approximate surface area is 173 Å². The van der Waals surface area contributed by atoms with Gasteiger partial charge in [-0.25, -0.2) is 4.79 Å². The van der Waals surface area contributed by atoms with Crippen LogP contribution in [0.4, 0.5) is 10.5 Å². The second-order valence-corrected chi connectivity index (χ2v) is 8.44. The van der Waals surface area contributed by atoms with Crippen molar-refractivity contribution in [2.24, 2.45) is 5.92 Å². The van der Waals surface area contributed by atoms with Gasteiger partial charge < -0.3 is 15.5 Å². The third-order valence-electron chi connectivity index (χ3n) is 6.03. The number of hydrogen-bond acceptors (Lipinski definition) is 2. The van der Waals surface area contributed by atoms with Gasteiger partial charge in [0.15, 0.2) is 0 Å². The molecule has 0 aromatic heterocycles. The van der Waals surface area contributed by atoms with Crippen LogP contribution in [0.3, 0.4) is 0 Å². The number of carbonyl (C=O) groups is 2. The molecule has 0 unspecified atom stereocenters. The van der Waals surface area contributed by atoms with Crippen LogP contribution in [-0.2, 0) is 0 Å². The largest absolute Gasteiger partial charge is 0.338 e. The molecule has 2 fully saturated rings. The topological polar surface area (TPSA) is 61.4 Å². The van der Waals surface area contributed by atoms with Crippen molar-refractivity contribution in [2.75, 3.05) is 18.4 Å². The Hall–Kier alpha value is -1.75. The van der Waals surface area contributed by atoms with Crippen LogP contribution in [0.25, 0.3) is 0 Å². The van der Waals surface area contributed by atoms with E-state index >= 15 is 0 Å². The van der Waals surface area contributed by atoms with Crippen molar-refractivity contribution < 1.29 is 9.59 Å². The van der Waals surface area contributed by atoms with Crippen molar-refractivity contribution in [1.29, 1.82) is 0 Å². The number of urea groups is 1. The van der Waals surface area contributed by atoms with E-state index < -0.39 is 0 Å². The first-order chi connectivity index (χ1) is 13.6. The zero-order valence-electron chi connectivity index (χ0n) is 16.8. The summed E-state index contributed by atoms with van der Waals surface area (Å²) in [6, 6.07) is 5.28. The van der Waals surface area contributed by atoms with Gasteiger partial charge in [-0.1, -0.05) is 44.2 Å². The van der Waals surface area contributed by atoms with E-state index in [9.17, 15) is 9.59 Å². The third-order valence-corrected chi connectivity index (χ3v) is 6.34. The molecule has 3 amide bonds. The minimum atomic E-state index is -0.243. The Balaban J connectivity index is 1.61. The van der Waals surface area contributed by atoms with E-state index in [1.807, 2.05) is 4.90 Å². The molecule has 28 heavy (non-hydrogen) atoms. The van der Waals surface area contributed by atoms with Crippen LogP contribution >= 0.6 is 11.6 Å². The number of amides is 3. The Morgan fingerprint density at radius 1 is 1.14 bits per heavy atom. The fourth-order valence-electron chi connectivity index (χ4n) is 4.55. The van der Waals surface area contributed by atoms with Gasteiger partial charge in [0.2, 0.25) is 0 Å². The maximum Gasteiger partial charge on any atom is 0.319 e. The fourth-order valence-corrected chi connectivity index (χ4v) is 4.81. The van der Waals surface area contributed by atoms with Gasteiger partial charge in [0.1, 0.15) is 0 Å². The van der Waals surface area contributed by atoms with Crippen molar-refractivity contribution in [3.8, 4) is 0 Å². The Morgan fingerprint density at radius 3 is 2.71 bits per heavy atom. The van der Waals surface area contributed by atoms with E-state index in [2.05, 4.69) is 17.6 Å². The molecule has 6 heteroatoms. The van der Waals surface area contributed by atoms with Gasteiger partial charge in [-0.15, -0.1) is 0 Å². The molecule has 2 atom stereocenters. The standard InChI is InChI=1S/C22H32ClN3O2/c1-2-3-6-13-24-22(28)25-17-11-12-18(19(23)15-17)21(27)26-14-7-9-16-8-4-5-10-20(16)26/h11-12,15-16,20H,2-10,13-14H2,1H3,(H2,24,25,28)/t16-,20-/m1/s1. The number of unbranched alkanes of at least 4 members (excludes halogenated alkanes) is 2. The van der Waals surface area contributed by atoms with Gasteiger partial charge >= 0.3 is 6.03 Å². The van der Waals surface area contributed by atoms with Crippen molar-refractivity contribution in [3.63, 3.8) is 0 Å². The number of anilines is 1. The number of halogens is 1. The van der Waals surface area contributed by atoms with Crippen LogP contribution in [-0.4, -0.2) is 36.0 Å². The van der Waals surface area contributed by atoms with E-state index in [0.29, 0.717) is 34.8 Å². The van der Waals surface area contributed by atoms with Crippen LogP contribution in [0.1, 0.15) is 75.1 Å². The molecule has 0 radical (unpaired) electrons. The van der Waals surface area contributed by atoms with Crippen LogP contribution in [0.2, 0.25) is 5.02 Å². The molecule has 1 aliphatic carbocycles. The molecule has 1 aliphatic heterocycles. The first-order valence-corrected chi connectivity index (χ1v) is 11.1. The predicted octanol–water partition coefficient (Wildman–Crippen LogP) is 5.45. The molecular weight excluding hydrogens is 374 g/mol. The maximum absolute atomic E-state index is 13.2. The molecule has 3 rings (SSSR count). The molecule has 154 valence electrons. The molecule has 0 bridgehead atoms. The highest BCUT2D eigenvalue weighted by molar-refractivity contribution is 6.34. The summed E-state index contributed by atoms with van der Waals surface area (Å²) >= 11 is 6.43. The van der Waals surface area contributed by atoms with E-state index in [1.165, 1.54) is 25.7 Å². The Kier molecular flexibility index (Phi) is 7.60.